The van der Waals surface area contributed by atoms with Crippen LogP contribution in [0.2, 0.25) is 0 Å². The van der Waals surface area contributed by atoms with Gasteiger partial charge < -0.3 is 15.7 Å². The van der Waals surface area contributed by atoms with Crippen molar-refractivity contribution in [3.63, 3.8) is 0 Å². The highest BCUT2D eigenvalue weighted by Gasteiger charge is 2.42. The summed E-state index contributed by atoms with van der Waals surface area (Å²) >= 11 is 0. The Morgan fingerprint density at radius 2 is 2.12 bits per heavy atom. The Balaban J connectivity index is 1.63. The first-order valence-electron chi connectivity index (χ1n) is 8.24. The first-order valence-corrected chi connectivity index (χ1v) is 8.24. The highest BCUT2D eigenvalue weighted by Crippen LogP contribution is 2.44. The van der Waals surface area contributed by atoms with Crippen LogP contribution >= 0.6 is 0 Å². The Morgan fingerprint density at radius 1 is 1.38 bits per heavy atom. The number of aliphatic hydroxyl groups is 1. The van der Waals surface area contributed by atoms with E-state index in [0.717, 1.165) is 31.9 Å². The number of rotatable bonds is 5. The van der Waals surface area contributed by atoms with Crippen LogP contribution in [0.25, 0.3) is 0 Å². The predicted octanol–water partition coefficient (Wildman–Crippen LogP) is 1.78. The van der Waals surface area contributed by atoms with Gasteiger partial charge >= 0.3 is 6.03 Å². The van der Waals surface area contributed by atoms with Gasteiger partial charge in [0.1, 0.15) is 0 Å². The molecule has 0 radical (unpaired) electrons. The molecule has 0 aromatic heterocycles. The molecule has 132 valence electrons. The lowest BCUT2D eigenvalue weighted by atomic mass is 10.00. The molecule has 1 saturated heterocycles. The minimum atomic E-state index is -0.880. The number of nitrogens with zero attached hydrogens (tertiary/aromatic N) is 1. The third-order valence-corrected chi connectivity index (χ3v) is 5.17. The van der Waals surface area contributed by atoms with Crippen molar-refractivity contribution in [2.75, 3.05) is 26.7 Å². The second-order valence-corrected chi connectivity index (χ2v) is 6.98. The van der Waals surface area contributed by atoms with Crippen LogP contribution in [0.5, 0.6) is 0 Å². The molecule has 1 aliphatic heterocycles. The van der Waals surface area contributed by atoms with E-state index in [1.54, 1.807) is 6.07 Å². The minimum absolute atomic E-state index is 0.0803. The molecule has 2 atom stereocenters. The Bertz CT molecular complexity index is 622. The van der Waals surface area contributed by atoms with Gasteiger partial charge in [-0.25, -0.2) is 13.6 Å². The lowest BCUT2D eigenvalue weighted by molar-refractivity contribution is 0.200. The fraction of sp³-hybridized carbons (Fsp3) is 0.588. The molecular formula is C17H23F2N3O2. The van der Waals surface area contributed by atoms with Gasteiger partial charge in [0.15, 0.2) is 11.6 Å². The highest BCUT2D eigenvalue weighted by atomic mass is 19.2. The fourth-order valence-electron chi connectivity index (χ4n) is 3.34. The zero-order chi connectivity index (χ0) is 17.3. The van der Waals surface area contributed by atoms with Crippen molar-refractivity contribution >= 4 is 6.03 Å². The normalized spacial score (nSPS) is 25.5. The molecule has 3 N–H and O–H groups in total. The summed E-state index contributed by atoms with van der Waals surface area (Å²) in [5, 5.41) is 15.0. The van der Waals surface area contributed by atoms with E-state index in [0.29, 0.717) is 12.1 Å². The van der Waals surface area contributed by atoms with E-state index in [1.807, 2.05) is 11.9 Å². The Hall–Kier alpha value is -1.73. The molecule has 1 saturated carbocycles. The van der Waals surface area contributed by atoms with E-state index in [4.69, 9.17) is 0 Å². The topological polar surface area (TPSA) is 64.6 Å². The second kappa shape index (κ2) is 6.64. The maximum atomic E-state index is 13.5. The standard InChI is InChI=1S/C17H23F2N3O2/c1-22-7-4-14(15(22)11-2-3-12(18)13(19)8-11)21-16(24)20-9-17(10-23)5-6-17/h2-3,8,14-15,23H,4-7,9-10H2,1H3,(H2,20,21,24). The summed E-state index contributed by atoms with van der Waals surface area (Å²) in [6, 6.07) is 3.21. The van der Waals surface area contributed by atoms with Crippen molar-refractivity contribution < 1.29 is 18.7 Å². The maximum absolute atomic E-state index is 13.5. The molecule has 1 heterocycles. The van der Waals surface area contributed by atoms with E-state index in [1.165, 1.54) is 6.07 Å². The summed E-state index contributed by atoms with van der Waals surface area (Å²) in [4.78, 5) is 14.2. The number of likely N-dealkylation sites (tertiary alicyclic amines) is 1. The van der Waals surface area contributed by atoms with E-state index in [9.17, 15) is 18.7 Å². The number of nitrogens with one attached hydrogen (secondary N) is 2. The molecule has 5 nitrogen and oxygen atoms in total. The summed E-state index contributed by atoms with van der Waals surface area (Å²) < 4.78 is 26.7. The molecule has 0 bridgehead atoms. The minimum Gasteiger partial charge on any atom is -0.396 e. The molecular weight excluding hydrogens is 316 g/mol. The molecule has 3 rings (SSSR count). The number of hydrogen-bond donors (Lipinski definition) is 3. The number of likely N-dealkylation sites (N-methyl/N-ethyl adjacent to an activating group) is 1. The summed E-state index contributed by atoms with van der Waals surface area (Å²) in [7, 11) is 1.90. The van der Waals surface area contributed by atoms with Gasteiger partial charge in [0, 0.05) is 18.5 Å². The van der Waals surface area contributed by atoms with Crippen molar-refractivity contribution in [1.29, 1.82) is 0 Å². The van der Waals surface area contributed by atoms with Crippen molar-refractivity contribution in [2.24, 2.45) is 5.41 Å². The number of halogens is 2. The fourth-order valence-corrected chi connectivity index (χ4v) is 3.34. The van der Waals surface area contributed by atoms with Crippen LogP contribution < -0.4 is 10.6 Å². The van der Waals surface area contributed by atoms with E-state index in [2.05, 4.69) is 10.6 Å². The first kappa shape index (κ1) is 17.1. The van der Waals surface area contributed by atoms with Crippen LogP contribution in [0.3, 0.4) is 0 Å². The molecule has 2 amide bonds. The smallest absolute Gasteiger partial charge is 0.315 e. The number of aliphatic hydroxyl groups excluding tert-OH is 1. The number of amides is 2. The molecule has 2 aliphatic rings. The number of carbonyl (C=O) groups is 1. The average Bonchev–Trinajstić information content (AvgIpc) is 3.26. The Morgan fingerprint density at radius 3 is 2.75 bits per heavy atom. The number of benzene rings is 1. The number of urea groups is 1. The van der Waals surface area contributed by atoms with Crippen molar-refractivity contribution in [3.05, 3.63) is 35.4 Å². The molecule has 0 spiro atoms. The van der Waals surface area contributed by atoms with Crippen LogP contribution in [-0.4, -0.2) is 48.8 Å². The van der Waals surface area contributed by atoms with Gasteiger partial charge in [0.05, 0.1) is 18.7 Å². The van der Waals surface area contributed by atoms with Crippen molar-refractivity contribution in [3.8, 4) is 0 Å². The zero-order valence-electron chi connectivity index (χ0n) is 13.7. The lowest BCUT2D eigenvalue weighted by Gasteiger charge is -2.26. The second-order valence-electron chi connectivity index (χ2n) is 6.98. The molecule has 24 heavy (non-hydrogen) atoms. The predicted molar refractivity (Wildman–Crippen MR) is 85.4 cm³/mol. The largest absolute Gasteiger partial charge is 0.396 e. The van der Waals surface area contributed by atoms with Gasteiger partial charge in [-0.2, -0.15) is 0 Å². The van der Waals surface area contributed by atoms with Gasteiger partial charge in [-0.05, 0) is 44.0 Å². The molecule has 7 heteroatoms. The van der Waals surface area contributed by atoms with Crippen molar-refractivity contribution in [1.82, 2.24) is 15.5 Å². The van der Waals surface area contributed by atoms with Crippen LogP contribution in [0.15, 0.2) is 18.2 Å². The van der Waals surface area contributed by atoms with Crippen LogP contribution in [0.4, 0.5) is 13.6 Å². The highest BCUT2D eigenvalue weighted by molar-refractivity contribution is 5.74. The van der Waals surface area contributed by atoms with E-state index in [-0.39, 0.29) is 30.1 Å². The SMILES string of the molecule is CN1CCC(NC(=O)NCC2(CO)CC2)C1c1ccc(F)c(F)c1. The summed E-state index contributed by atoms with van der Waals surface area (Å²) in [5.41, 5.74) is 0.497. The van der Waals surface area contributed by atoms with Gasteiger partial charge in [0.2, 0.25) is 0 Å². The van der Waals surface area contributed by atoms with E-state index < -0.39 is 11.6 Å². The number of hydrogen-bond acceptors (Lipinski definition) is 3. The maximum Gasteiger partial charge on any atom is 0.315 e. The third-order valence-electron chi connectivity index (χ3n) is 5.17. The average molecular weight is 339 g/mol. The summed E-state index contributed by atoms with van der Waals surface area (Å²) in [5.74, 6) is -1.75. The Labute approximate surface area is 140 Å². The first-order chi connectivity index (χ1) is 11.4. The zero-order valence-corrected chi connectivity index (χ0v) is 13.7. The Kier molecular flexibility index (Phi) is 4.73. The number of carbonyl (C=O) groups excluding carboxylic acids is 1. The monoisotopic (exact) mass is 339 g/mol. The van der Waals surface area contributed by atoms with E-state index >= 15 is 0 Å². The van der Waals surface area contributed by atoms with Crippen LogP contribution in [0.1, 0.15) is 30.9 Å². The van der Waals surface area contributed by atoms with Gasteiger partial charge in [0.25, 0.3) is 0 Å². The van der Waals surface area contributed by atoms with Gasteiger partial charge in [-0.15, -0.1) is 0 Å². The summed E-state index contributed by atoms with van der Waals surface area (Å²) in [6.07, 6.45) is 2.58. The quantitative estimate of drug-likeness (QED) is 0.766. The van der Waals surface area contributed by atoms with Crippen LogP contribution in [-0.2, 0) is 0 Å². The molecule has 1 aromatic rings. The lowest BCUT2D eigenvalue weighted by Crippen LogP contribution is -2.46. The third kappa shape index (κ3) is 3.52. The molecule has 2 fully saturated rings. The van der Waals surface area contributed by atoms with Crippen molar-refractivity contribution in [2.45, 2.75) is 31.3 Å². The molecule has 1 aromatic carbocycles. The van der Waals surface area contributed by atoms with Gasteiger partial charge in [-0.3, -0.25) is 4.90 Å². The molecule has 1 aliphatic carbocycles. The van der Waals surface area contributed by atoms with Crippen LogP contribution in [0, 0.1) is 17.0 Å². The van der Waals surface area contributed by atoms with Gasteiger partial charge in [-0.1, -0.05) is 6.07 Å². The molecule has 2 unspecified atom stereocenters. The summed E-state index contributed by atoms with van der Waals surface area (Å²) in [6.45, 7) is 1.29.